The van der Waals surface area contributed by atoms with Crippen LogP contribution < -0.4 is 10.6 Å². The molecule has 0 aliphatic rings. The largest absolute Gasteiger partial charge is 0.326 e. The number of aryl methyl sites for hydroxylation is 2. The third-order valence-corrected chi connectivity index (χ3v) is 4.79. The van der Waals surface area contributed by atoms with Crippen molar-refractivity contribution in [1.29, 1.82) is 0 Å². The number of aliphatic imine (C=N–C) groups is 1. The molecule has 0 fully saturated rings. The Balaban J connectivity index is 1.80. The Kier molecular flexibility index (Phi) is 6.74. The molecule has 1 heterocycles. The number of aromatic nitrogens is 2. The van der Waals surface area contributed by atoms with Crippen LogP contribution in [-0.2, 0) is 13.5 Å². The molecule has 0 aliphatic carbocycles. The Labute approximate surface area is 177 Å². The SMILES string of the molecule is Cc1nn(C)c(C)c1CCN=C(NC(=O)c1ccc(F)c(F)c1)Nc1cccc(F)c1. The average molecular weight is 429 g/mol. The molecule has 1 aromatic heterocycles. The van der Waals surface area contributed by atoms with Crippen LogP contribution >= 0.6 is 0 Å². The van der Waals surface area contributed by atoms with Crippen LogP contribution in [0.4, 0.5) is 18.9 Å². The van der Waals surface area contributed by atoms with Gasteiger partial charge in [-0.1, -0.05) is 6.07 Å². The van der Waals surface area contributed by atoms with Crippen LogP contribution in [-0.4, -0.2) is 28.2 Å². The van der Waals surface area contributed by atoms with Gasteiger partial charge in [0.2, 0.25) is 5.96 Å². The molecule has 0 unspecified atom stereocenters. The summed E-state index contributed by atoms with van der Waals surface area (Å²) in [6.45, 7) is 4.17. The number of hydrogen-bond donors (Lipinski definition) is 2. The summed E-state index contributed by atoms with van der Waals surface area (Å²) in [5, 5.41) is 9.76. The molecule has 6 nitrogen and oxygen atoms in total. The fourth-order valence-electron chi connectivity index (χ4n) is 3.09. The Morgan fingerprint density at radius 1 is 1.10 bits per heavy atom. The number of nitrogens with one attached hydrogen (secondary N) is 2. The standard InChI is InChI=1S/C22H22F3N5O/c1-13-18(14(2)30(3)29-13)9-10-26-22(27-17-6-4-5-16(23)12-17)28-21(31)15-7-8-19(24)20(25)11-15/h4-8,11-12H,9-10H2,1-3H3,(H2,26,27,28,31). The first kappa shape index (κ1) is 22.1. The van der Waals surface area contributed by atoms with Gasteiger partial charge in [-0.25, -0.2) is 13.2 Å². The maximum absolute atomic E-state index is 13.5. The molecule has 0 saturated heterocycles. The Morgan fingerprint density at radius 2 is 1.87 bits per heavy atom. The fraction of sp³-hybridized carbons (Fsp3) is 0.227. The van der Waals surface area contributed by atoms with Gasteiger partial charge in [-0.15, -0.1) is 0 Å². The molecule has 3 aromatic rings. The molecule has 0 saturated carbocycles. The van der Waals surface area contributed by atoms with Crippen LogP contribution in [0.25, 0.3) is 0 Å². The van der Waals surface area contributed by atoms with Crippen molar-refractivity contribution < 1.29 is 18.0 Å². The first-order valence-electron chi connectivity index (χ1n) is 9.57. The van der Waals surface area contributed by atoms with Crippen molar-refractivity contribution in [3.63, 3.8) is 0 Å². The Hall–Kier alpha value is -3.62. The molecule has 0 radical (unpaired) electrons. The number of guanidine groups is 1. The van der Waals surface area contributed by atoms with Gasteiger partial charge in [0.05, 0.1) is 5.69 Å². The topological polar surface area (TPSA) is 71.3 Å². The zero-order valence-electron chi connectivity index (χ0n) is 17.3. The molecule has 0 aliphatic heterocycles. The van der Waals surface area contributed by atoms with Crippen molar-refractivity contribution >= 4 is 17.6 Å². The first-order chi connectivity index (χ1) is 14.7. The van der Waals surface area contributed by atoms with E-state index in [1.807, 2.05) is 20.9 Å². The molecule has 3 rings (SSSR count). The molecule has 1 amide bonds. The number of halogens is 3. The lowest BCUT2D eigenvalue weighted by Crippen LogP contribution is -2.36. The van der Waals surface area contributed by atoms with Crippen molar-refractivity contribution in [2.45, 2.75) is 20.3 Å². The highest BCUT2D eigenvalue weighted by Crippen LogP contribution is 2.13. The van der Waals surface area contributed by atoms with Crippen LogP contribution in [0.3, 0.4) is 0 Å². The smallest absolute Gasteiger partial charge is 0.258 e. The van der Waals surface area contributed by atoms with Crippen molar-refractivity contribution in [2.75, 3.05) is 11.9 Å². The maximum Gasteiger partial charge on any atom is 0.258 e. The van der Waals surface area contributed by atoms with Gasteiger partial charge in [0.15, 0.2) is 11.6 Å². The van der Waals surface area contributed by atoms with E-state index in [1.165, 1.54) is 18.2 Å². The van der Waals surface area contributed by atoms with E-state index >= 15 is 0 Å². The number of rotatable bonds is 5. The summed E-state index contributed by atoms with van der Waals surface area (Å²) < 4.78 is 42.0. The summed E-state index contributed by atoms with van der Waals surface area (Å²) in [7, 11) is 1.86. The van der Waals surface area contributed by atoms with Crippen LogP contribution in [0.2, 0.25) is 0 Å². The van der Waals surface area contributed by atoms with Crippen LogP contribution in [0, 0.1) is 31.3 Å². The maximum atomic E-state index is 13.5. The zero-order valence-corrected chi connectivity index (χ0v) is 17.3. The molecule has 0 atom stereocenters. The monoisotopic (exact) mass is 429 g/mol. The van der Waals surface area contributed by atoms with Gasteiger partial charge in [0.1, 0.15) is 5.82 Å². The molecule has 0 spiro atoms. The molecule has 162 valence electrons. The molecular weight excluding hydrogens is 407 g/mol. The van der Waals surface area contributed by atoms with Gasteiger partial charge >= 0.3 is 0 Å². The van der Waals surface area contributed by atoms with Gasteiger partial charge in [-0.3, -0.25) is 19.8 Å². The number of carbonyl (C=O) groups excluding carboxylic acids is 1. The second-order valence-corrected chi connectivity index (χ2v) is 6.97. The summed E-state index contributed by atoms with van der Waals surface area (Å²) in [5.41, 5.74) is 3.24. The van der Waals surface area contributed by atoms with E-state index in [0.29, 0.717) is 18.7 Å². The molecule has 0 bridgehead atoms. The minimum Gasteiger partial charge on any atom is -0.326 e. The lowest BCUT2D eigenvalue weighted by Gasteiger charge is -2.12. The minimum absolute atomic E-state index is 0.0551. The van der Waals surface area contributed by atoms with Crippen molar-refractivity contribution in [3.05, 3.63) is 82.4 Å². The minimum atomic E-state index is -1.13. The lowest BCUT2D eigenvalue weighted by atomic mass is 10.1. The summed E-state index contributed by atoms with van der Waals surface area (Å²) in [6.07, 6.45) is 0.570. The van der Waals surface area contributed by atoms with Crippen LogP contribution in [0.1, 0.15) is 27.3 Å². The molecule has 2 aromatic carbocycles. The predicted molar refractivity (Wildman–Crippen MR) is 113 cm³/mol. The van der Waals surface area contributed by atoms with Gasteiger partial charge in [0.25, 0.3) is 5.91 Å². The molecule has 9 heteroatoms. The van der Waals surface area contributed by atoms with E-state index in [-0.39, 0.29) is 11.5 Å². The highest BCUT2D eigenvalue weighted by atomic mass is 19.2. The molecule has 31 heavy (non-hydrogen) atoms. The number of benzene rings is 2. The van der Waals surface area contributed by atoms with Crippen molar-refractivity contribution in [3.8, 4) is 0 Å². The highest BCUT2D eigenvalue weighted by Gasteiger charge is 2.13. The third-order valence-electron chi connectivity index (χ3n) is 4.79. The van der Waals surface area contributed by atoms with E-state index in [0.717, 1.165) is 35.2 Å². The van der Waals surface area contributed by atoms with E-state index < -0.39 is 23.4 Å². The molecule has 2 N–H and O–H groups in total. The normalized spacial score (nSPS) is 11.5. The Bertz CT molecular complexity index is 1140. The van der Waals surface area contributed by atoms with Crippen molar-refractivity contribution in [1.82, 2.24) is 15.1 Å². The number of nitrogens with zero attached hydrogens (tertiary/aromatic N) is 3. The average Bonchev–Trinajstić information content (AvgIpc) is 2.95. The van der Waals surface area contributed by atoms with E-state index in [2.05, 4.69) is 20.7 Å². The predicted octanol–water partition coefficient (Wildman–Crippen LogP) is 3.89. The fourth-order valence-corrected chi connectivity index (χ4v) is 3.09. The van der Waals surface area contributed by atoms with Gasteiger partial charge in [-0.05, 0) is 62.2 Å². The van der Waals surface area contributed by atoms with E-state index in [1.54, 1.807) is 10.7 Å². The number of amides is 1. The first-order valence-corrected chi connectivity index (χ1v) is 9.57. The molecular formula is C22H22F3N5O. The van der Waals surface area contributed by atoms with Crippen LogP contribution in [0.5, 0.6) is 0 Å². The number of carbonyl (C=O) groups is 1. The van der Waals surface area contributed by atoms with E-state index in [4.69, 9.17) is 0 Å². The van der Waals surface area contributed by atoms with Gasteiger partial charge < -0.3 is 5.32 Å². The summed E-state index contributed by atoms with van der Waals surface area (Å²) >= 11 is 0. The highest BCUT2D eigenvalue weighted by molar-refractivity contribution is 6.09. The third kappa shape index (κ3) is 5.50. The quantitative estimate of drug-likeness (QED) is 0.478. The number of anilines is 1. The second kappa shape index (κ2) is 9.46. The zero-order chi connectivity index (χ0) is 22.5. The number of hydrogen-bond acceptors (Lipinski definition) is 3. The second-order valence-electron chi connectivity index (χ2n) is 6.97. The van der Waals surface area contributed by atoms with Gasteiger partial charge in [-0.2, -0.15) is 5.10 Å². The van der Waals surface area contributed by atoms with Crippen LogP contribution in [0.15, 0.2) is 47.5 Å². The summed E-state index contributed by atoms with van der Waals surface area (Å²) in [6, 6.07) is 8.48. The van der Waals surface area contributed by atoms with Crippen molar-refractivity contribution in [2.24, 2.45) is 12.0 Å². The van der Waals surface area contributed by atoms with E-state index in [9.17, 15) is 18.0 Å². The summed E-state index contributed by atoms with van der Waals surface area (Å²) in [5.74, 6) is -3.27. The Morgan fingerprint density at radius 3 is 2.52 bits per heavy atom. The lowest BCUT2D eigenvalue weighted by molar-refractivity contribution is 0.0976. The summed E-state index contributed by atoms with van der Waals surface area (Å²) in [4.78, 5) is 16.9. The van der Waals surface area contributed by atoms with Gasteiger partial charge in [0, 0.05) is 30.5 Å².